The standard InChI is InChI=1S/C37H41NO3/c1-28-19-20-32(21-36(39)38(3)33-17-11-6-12-18-33)29(2)35-23-37(22-34(28)35,26-40-24-30-13-7-4-8-14-30)27-41-25-31-15-9-5-10-16-31/h4-18,21H,19-20,22-27H2,1-3H3/b32-21-. The number of hydrogen-bond acceptors (Lipinski definition) is 3. The van der Waals surface area contributed by atoms with E-state index in [0.717, 1.165) is 36.9 Å². The van der Waals surface area contributed by atoms with Crippen molar-refractivity contribution in [2.24, 2.45) is 5.41 Å². The summed E-state index contributed by atoms with van der Waals surface area (Å²) in [6, 6.07) is 30.5. The average molecular weight is 548 g/mol. The van der Waals surface area contributed by atoms with E-state index in [9.17, 15) is 4.79 Å². The van der Waals surface area contributed by atoms with Crippen LogP contribution in [0.4, 0.5) is 5.69 Å². The summed E-state index contributed by atoms with van der Waals surface area (Å²) in [5.74, 6) is 0.00824. The zero-order valence-electron chi connectivity index (χ0n) is 24.6. The van der Waals surface area contributed by atoms with Crippen LogP contribution < -0.4 is 4.90 Å². The summed E-state index contributed by atoms with van der Waals surface area (Å²) in [6.07, 6.45) is 5.50. The van der Waals surface area contributed by atoms with Gasteiger partial charge in [-0.3, -0.25) is 4.79 Å². The number of likely N-dealkylation sites (N-methyl/N-ethyl adjacent to an activating group) is 1. The number of carbonyl (C=O) groups excluding carboxylic acids is 1. The third-order valence-corrected chi connectivity index (χ3v) is 8.50. The highest BCUT2D eigenvalue weighted by atomic mass is 16.5. The number of rotatable bonds is 10. The molecule has 0 saturated heterocycles. The van der Waals surface area contributed by atoms with Gasteiger partial charge in [0.05, 0.1) is 26.4 Å². The van der Waals surface area contributed by atoms with E-state index >= 15 is 0 Å². The van der Waals surface area contributed by atoms with Crippen molar-refractivity contribution in [3.05, 3.63) is 136 Å². The number of allylic oxidation sites excluding steroid dienone is 5. The Labute approximate surface area is 245 Å². The SMILES string of the molecule is CC1=C2CC(COCc3ccccc3)(COCc3ccccc3)CC2=C(C)/C(=C\C(=O)N(C)c2ccccc2)CC1. The van der Waals surface area contributed by atoms with E-state index in [0.29, 0.717) is 26.4 Å². The Morgan fingerprint density at radius 2 is 1.27 bits per heavy atom. The highest BCUT2D eigenvalue weighted by Gasteiger charge is 2.42. The third-order valence-electron chi connectivity index (χ3n) is 8.50. The van der Waals surface area contributed by atoms with Gasteiger partial charge in [-0.25, -0.2) is 0 Å². The van der Waals surface area contributed by atoms with E-state index in [2.05, 4.69) is 62.4 Å². The molecule has 0 spiro atoms. The summed E-state index contributed by atoms with van der Waals surface area (Å²) in [6.45, 7) is 6.88. The third kappa shape index (κ3) is 7.13. The molecule has 41 heavy (non-hydrogen) atoms. The molecule has 0 radical (unpaired) electrons. The number of para-hydroxylation sites is 1. The maximum Gasteiger partial charge on any atom is 0.250 e. The first kappa shape index (κ1) is 28.8. The van der Waals surface area contributed by atoms with Crippen LogP contribution in [0.1, 0.15) is 50.7 Å². The van der Waals surface area contributed by atoms with Crippen LogP contribution in [0, 0.1) is 5.41 Å². The lowest BCUT2D eigenvalue weighted by atomic mass is 9.86. The molecule has 1 amide bonds. The largest absolute Gasteiger partial charge is 0.376 e. The number of amides is 1. The molecule has 3 aromatic carbocycles. The molecule has 3 aromatic rings. The van der Waals surface area contributed by atoms with Gasteiger partial charge in [-0.1, -0.05) is 84.4 Å². The van der Waals surface area contributed by atoms with Crippen LogP contribution >= 0.6 is 0 Å². The van der Waals surface area contributed by atoms with Gasteiger partial charge in [0.2, 0.25) is 0 Å². The van der Waals surface area contributed by atoms with Crippen LogP contribution in [0.25, 0.3) is 0 Å². The van der Waals surface area contributed by atoms with Crippen molar-refractivity contribution < 1.29 is 14.3 Å². The molecule has 212 valence electrons. The van der Waals surface area contributed by atoms with Gasteiger partial charge in [-0.2, -0.15) is 0 Å². The van der Waals surface area contributed by atoms with Crippen LogP contribution in [-0.4, -0.2) is 26.2 Å². The van der Waals surface area contributed by atoms with Crippen molar-refractivity contribution in [3.8, 4) is 0 Å². The molecular weight excluding hydrogens is 506 g/mol. The molecule has 4 nitrogen and oxygen atoms in total. The summed E-state index contributed by atoms with van der Waals surface area (Å²) in [7, 11) is 1.84. The van der Waals surface area contributed by atoms with E-state index in [1.165, 1.54) is 33.4 Å². The molecule has 1 fully saturated rings. The van der Waals surface area contributed by atoms with Gasteiger partial charge in [-0.15, -0.1) is 0 Å². The lowest BCUT2D eigenvalue weighted by Crippen LogP contribution is -2.29. The second kappa shape index (κ2) is 13.3. The molecule has 0 bridgehead atoms. The summed E-state index contributed by atoms with van der Waals surface area (Å²) in [4.78, 5) is 15.0. The fraction of sp³-hybridized carbons (Fsp3) is 0.324. The summed E-state index contributed by atoms with van der Waals surface area (Å²) < 4.78 is 12.8. The van der Waals surface area contributed by atoms with Crippen molar-refractivity contribution in [2.45, 2.75) is 52.7 Å². The van der Waals surface area contributed by atoms with E-state index in [1.807, 2.05) is 55.6 Å². The molecule has 0 atom stereocenters. The molecule has 0 aliphatic heterocycles. The predicted molar refractivity (Wildman–Crippen MR) is 166 cm³/mol. The van der Waals surface area contributed by atoms with Gasteiger partial charge in [0.1, 0.15) is 0 Å². The van der Waals surface area contributed by atoms with Gasteiger partial charge < -0.3 is 14.4 Å². The van der Waals surface area contributed by atoms with Crippen LogP contribution in [0.3, 0.4) is 0 Å². The maximum atomic E-state index is 13.3. The smallest absolute Gasteiger partial charge is 0.250 e. The first-order valence-corrected chi connectivity index (χ1v) is 14.6. The second-order valence-electron chi connectivity index (χ2n) is 11.6. The summed E-state index contributed by atoms with van der Waals surface area (Å²) >= 11 is 0. The molecule has 2 aliphatic carbocycles. The molecule has 0 aromatic heterocycles. The quantitative estimate of drug-likeness (QED) is 0.240. The molecule has 0 N–H and O–H groups in total. The molecule has 1 saturated carbocycles. The van der Waals surface area contributed by atoms with Crippen molar-refractivity contribution in [2.75, 3.05) is 25.2 Å². The van der Waals surface area contributed by atoms with Gasteiger partial charge in [-0.05, 0) is 85.1 Å². The minimum atomic E-state index is -0.149. The van der Waals surface area contributed by atoms with Crippen molar-refractivity contribution >= 4 is 11.6 Å². The lowest BCUT2D eigenvalue weighted by Gasteiger charge is -2.29. The Bertz CT molecular complexity index is 1380. The van der Waals surface area contributed by atoms with Crippen molar-refractivity contribution in [1.29, 1.82) is 0 Å². The Morgan fingerprint density at radius 1 is 0.756 bits per heavy atom. The van der Waals surface area contributed by atoms with Crippen LogP contribution in [0.5, 0.6) is 0 Å². The highest BCUT2D eigenvalue weighted by Crippen LogP contribution is 2.51. The zero-order valence-corrected chi connectivity index (χ0v) is 24.6. The number of ether oxygens (including phenoxy) is 2. The molecular formula is C37H41NO3. The lowest BCUT2D eigenvalue weighted by molar-refractivity contribution is -0.113. The Morgan fingerprint density at radius 3 is 1.83 bits per heavy atom. The Kier molecular flexibility index (Phi) is 9.33. The van der Waals surface area contributed by atoms with Gasteiger partial charge in [0, 0.05) is 24.2 Å². The zero-order chi connectivity index (χ0) is 28.7. The molecule has 5 rings (SSSR count). The summed E-state index contributed by atoms with van der Waals surface area (Å²) in [5, 5.41) is 0. The van der Waals surface area contributed by atoms with Gasteiger partial charge in [0.25, 0.3) is 5.91 Å². The summed E-state index contributed by atoms with van der Waals surface area (Å²) in [5.41, 5.74) is 9.69. The minimum Gasteiger partial charge on any atom is -0.376 e. The number of benzene rings is 3. The number of hydrogen-bond donors (Lipinski definition) is 0. The number of fused-ring (bicyclic) bond motifs is 1. The Hall–Kier alpha value is -3.73. The van der Waals surface area contributed by atoms with Crippen LogP contribution in [-0.2, 0) is 27.5 Å². The number of carbonyl (C=O) groups is 1. The normalized spacial score (nSPS) is 17.5. The monoisotopic (exact) mass is 547 g/mol. The predicted octanol–water partition coefficient (Wildman–Crippen LogP) is 8.22. The fourth-order valence-corrected chi connectivity index (χ4v) is 6.02. The average Bonchev–Trinajstić information content (AvgIpc) is 3.35. The molecule has 0 unspecified atom stereocenters. The second-order valence-corrected chi connectivity index (χ2v) is 11.6. The fourth-order valence-electron chi connectivity index (χ4n) is 6.02. The Balaban J connectivity index is 1.38. The van der Waals surface area contributed by atoms with E-state index in [4.69, 9.17) is 9.47 Å². The number of anilines is 1. The molecule has 0 heterocycles. The van der Waals surface area contributed by atoms with Crippen molar-refractivity contribution in [1.82, 2.24) is 0 Å². The number of nitrogens with zero attached hydrogens (tertiary/aromatic N) is 1. The topological polar surface area (TPSA) is 38.8 Å². The highest BCUT2D eigenvalue weighted by molar-refractivity contribution is 6.01. The first-order chi connectivity index (χ1) is 19.9. The maximum absolute atomic E-state index is 13.3. The van der Waals surface area contributed by atoms with E-state index in [-0.39, 0.29) is 11.3 Å². The van der Waals surface area contributed by atoms with E-state index in [1.54, 1.807) is 4.90 Å². The molecule has 2 aliphatic rings. The van der Waals surface area contributed by atoms with E-state index < -0.39 is 0 Å². The minimum absolute atomic E-state index is 0.00824. The van der Waals surface area contributed by atoms with Gasteiger partial charge in [0.15, 0.2) is 0 Å². The van der Waals surface area contributed by atoms with Crippen LogP contribution in [0.15, 0.2) is 125 Å². The van der Waals surface area contributed by atoms with Gasteiger partial charge >= 0.3 is 0 Å². The van der Waals surface area contributed by atoms with Crippen molar-refractivity contribution in [3.63, 3.8) is 0 Å². The first-order valence-electron chi connectivity index (χ1n) is 14.6. The molecule has 4 heteroatoms. The van der Waals surface area contributed by atoms with Crippen LogP contribution in [0.2, 0.25) is 0 Å².